The fourth-order valence-electron chi connectivity index (χ4n) is 5.13. The first-order valence-electron chi connectivity index (χ1n) is 11.9. The van der Waals surface area contributed by atoms with Crippen molar-refractivity contribution < 1.29 is 27.9 Å². The zero-order valence-electron chi connectivity index (χ0n) is 20.4. The van der Waals surface area contributed by atoms with Gasteiger partial charge in [-0.25, -0.2) is 13.6 Å². The number of ether oxygens (including phenoxy) is 2. The Bertz CT molecular complexity index is 1210. The third-order valence-electron chi connectivity index (χ3n) is 6.87. The molecule has 0 bridgehead atoms. The molecule has 8 nitrogen and oxygen atoms in total. The van der Waals surface area contributed by atoms with E-state index in [0.29, 0.717) is 31.0 Å². The molecule has 3 aliphatic heterocycles. The van der Waals surface area contributed by atoms with Crippen molar-refractivity contribution >= 4 is 29.9 Å². The van der Waals surface area contributed by atoms with Crippen LogP contribution in [0.3, 0.4) is 0 Å². The van der Waals surface area contributed by atoms with Gasteiger partial charge in [0.2, 0.25) is 0 Å². The molecule has 3 heterocycles. The summed E-state index contributed by atoms with van der Waals surface area (Å²) < 4.78 is 39.8. The molecule has 0 spiro atoms. The highest BCUT2D eigenvalue weighted by atomic mass is 19.1. The second-order valence-corrected chi connectivity index (χ2v) is 9.20. The van der Waals surface area contributed by atoms with Gasteiger partial charge in [0.1, 0.15) is 17.7 Å². The lowest BCUT2D eigenvalue weighted by molar-refractivity contribution is -0.196. The second-order valence-electron chi connectivity index (χ2n) is 9.20. The molecule has 4 atom stereocenters. The first-order valence-corrected chi connectivity index (χ1v) is 11.9. The van der Waals surface area contributed by atoms with Crippen molar-refractivity contribution in [1.82, 2.24) is 4.90 Å². The molecule has 1 saturated heterocycles. The minimum Gasteiger partial charge on any atom is -0.495 e. The Hall–Kier alpha value is -3.69. The van der Waals surface area contributed by atoms with Crippen LogP contribution in [0.2, 0.25) is 0 Å². The van der Waals surface area contributed by atoms with Crippen molar-refractivity contribution in [3.05, 3.63) is 53.4 Å². The lowest BCUT2D eigenvalue weighted by atomic mass is 9.84. The van der Waals surface area contributed by atoms with Gasteiger partial charge in [0.15, 0.2) is 5.84 Å². The lowest BCUT2D eigenvalue weighted by Gasteiger charge is -2.42. The summed E-state index contributed by atoms with van der Waals surface area (Å²) in [6, 6.07) is 6.07. The van der Waals surface area contributed by atoms with Crippen LogP contribution in [0.25, 0.3) is 6.08 Å². The first kappa shape index (κ1) is 24.0. The van der Waals surface area contributed by atoms with Crippen LogP contribution in [-0.2, 0) is 14.4 Å². The summed E-state index contributed by atoms with van der Waals surface area (Å²) in [5.74, 6) is -1.64. The van der Waals surface area contributed by atoms with Crippen molar-refractivity contribution in [1.29, 1.82) is 0 Å². The minimum absolute atomic E-state index is 0.215. The molecule has 1 aliphatic carbocycles. The predicted molar refractivity (Wildman–Crippen MR) is 132 cm³/mol. The Kier molecular flexibility index (Phi) is 6.27. The Morgan fingerprint density at radius 3 is 2.89 bits per heavy atom. The summed E-state index contributed by atoms with van der Waals surface area (Å²) in [6.45, 7) is 3.20. The second kappa shape index (κ2) is 9.40. The molecule has 10 heteroatoms. The number of alkyl halides is 1. The number of aliphatic imine (C=N–C) groups is 1. The number of hydrogen-bond donors (Lipinski definition) is 0. The van der Waals surface area contributed by atoms with Gasteiger partial charge in [0.25, 0.3) is 0 Å². The van der Waals surface area contributed by atoms with E-state index in [9.17, 15) is 13.6 Å². The number of allylic oxidation sites excluding steroid dienone is 3. The normalized spacial score (nSPS) is 30.1. The maximum absolute atomic E-state index is 15.0. The number of hydrogen-bond acceptors (Lipinski definition) is 8. The van der Waals surface area contributed by atoms with Gasteiger partial charge in [0, 0.05) is 13.1 Å². The van der Waals surface area contributed by atoms with Gasteiger partial charge < -0.3 is 24.1 Å². The van der Waals surface area contributed by atoms with Gasteiger partial charge in [0.05, 0.1) is 38.2 Å². The lowest BCUT2D eigenvalue weighted by Crippen LogP contribution is -2.62. The minimum atomic E-state index is -1.93. The fourth-order valence-corrected chi connectivity index (χ4v) is 5.13. The van der Waals surface area contributed by atoms with Crippen LogP contribution in [0.4, 0.5) is 14.5 Å². The van der Waals surface area contributed by atoms with Crippen LogP contribution in [0, 0.1) is 5.92 Å². The molecule has 4 unspecified atom stereocenters. The molecule has 0 radical (unpaired) electrons. The van der Waals surface area contributed by atoms with Crippen LogP contribution in [0.5, 0.6) is 5.75 Å². The standard InChI is InChI=1S/C26H28F2N4O4/c1-16-14-31(15-29-16)22-9-6-17(12-23(22)34-2)11-18-5-4-10-32-24(18)30-36-26(32,25(33)35-3)20-13-19(27)7-8-21(20)28/h6-9,11-13,15-16,20-21H,4-5,10,14H2,1-3H3/b18-11+. The van der Waals surface area contributed by atoms with Gasteiger partial charge >= 0.3 is 11.7 Å². The molecule has 1 fully saturated rings. The highest BCUT2D eigenvalue weighted by Gasteiger charge is 2.62. The number of carbonyl (C=O) groups is 1. The van der Waals surface area contributed by atoms with Crippen molar-refractivity contribution in [2.24, 2.45) is 16.1 Å². The number of anilines is 1. The SMILES string of the molecule is COC(=O)C1(C2C=C(F)C=CC2F)ON=C2/C(=C/c3ccc(N4C=NC(C)C4)c(OC)c3)CCCN21. The number of halogens is 2. The summed E-state index contributed by atoms with van der Waals surface area (Å²) in [5.41, 5.74) is 0.657. The van der Waals surface area contributed by atoms with E-state index in [1.807, 2.05) is 42.4 Å². The van der Waals surface area contributed by atoms with E-state index in [2.05, 4.69) is 10.1 Å². The average molecular weight is 499 g/mol. The number of esters is 1. The number of rotatable bonds is 5. The fraction of sp³-hybridized carbons (Fsp3) is 0.423. The summed E-state index contributed by atoms with van der Waals surface area (Å²) >= 11 is 0. The van der Waals surface area contributed by atoms with Gasteiger partial charge in [-0.3, -0.25) is 4.99 Å². The van der Waals surface area contributed by atoms with E-state index >= 15 is 0 Å². The number of amidine groups is 1. The van der Waals surface area contributed by atoms with Gasteiger partial charge in [-0.15, -0.1) is 0 Å². The van der Waals surface area contributed by atoms with Gasteiger partial charge in [-0.2, -0.15) is 0 Å². The quantitative estimate of drug-likeness (QED) is 0.572. The number of nitrogens with zero attached hydrogens (tertiary/aromatic N) is 4. The number of oxime groups is 1. The van der Waals surface area contributed by atoms with E-state index in [1.165, 1.54) is 7.11 Å². The third kappa shape index (κ3) is 3.94. The number of carbonyl (C=O) groups excluding carboxylic acids is 1. The molecule has 1 aromatic rings. The number of benzene rings is 1. The van der Waals surface area contributed by atoms with Gasteiger partial charge in [-0.05, 0) is 67.3 Å². The summed E-state index contributed by atoms with van der Waals surface area (Å²) in [5, 5.41) is 4.20. The summed E-state index contributed by atoms with van der Waals surface area (Å²) in [4.78, 5) is 26.7. The Labute approximate surface area is 208 Å². The van der Waals surface area contributed by atoms with Crippen molar-refractivity contribution in [2.45, 2.75) is 37.7 Å². The molecule has 0 amide bonds. The van der Waals surface area contributed by atoms with Crippen LogP contribution < -0.4 is 9.64 Å². The first-order chi connectivity index (χ1) is 17.4. The molecule has 4 aliphatic rings. The topological polar surface area (TPSA) is 76.0 Å². The van der Waals surface area contributed by atoms with E-state index in [-0.39, 0.29) is 6.04 Å². The maximum atomic E-state index is 15.0. The molecule has 5 rings (SSSR count). The Morgan fingerprint density at radius 2 is 2.17 bits per heavy atom. The Balaban J connectivity index is 1.47. The Morgan fingerprint density at radius 1 is 1.33 bits per heavy atom. The molecular formula is C26H28F2N4O4. The predicted octanol–water partition coefficient (Wildman–Crippen LogP) is 4.00. The summed E-state index contributed by atoms with van der Waals surface area (Å²) in [6.07, 6.45) is 6.61. The monoisotopic (exact) mass is 498 g/mol. The number of fused-ring (bicyclic) bond motifs is 1. The number of piperidine rings is 1. The van der Waals surface area contributed by atoms with Crippen molar-refractivity contribution in [3.63, 3.8) is 0 Å². The van der Waals surface area contributed by atoms with Gasteiger partial charge in [-0.1, -0.05) is 11.2 Å². The average Bonchev–Trinajstić information content (AvgIpc) is 3.50. The molecular weight excluding hydrogens is 470 g/mol. The van der Waals surface area contributed by atoms with Crippen molar-refractivity contribution in [2.75, 3.05) is 32.2 Å². The highest BCUT2D eigenvalue weighted by molar-refractivity contribution is 6.06. The van der Waals surface area contributed by atoms with E-state index < -0.39 is 29.6 Å². The largest absolute Gasteiger partial charge is 0.495 e. The van der Waals surface area contributed by atoms with Crippen LogP contribution in [-0.4, -0.2) is 68.3 Å². The smallest absolute Gasteiger partial charge is 0.375 e. The zero-order valence-corrected chi connectivity index (χ0v) is 20.4. The summed E-state index contributed by atoms with van der Waals surface area (Å²) in [7, 11) is 2.81. The highest BCUT2D eigenvalue weighted by Crippen LogP contribution is 2.43. The molecule has 0 N–H and O–H groups in total. The third-order valence-corrected chi connectivity index (χ3v) is 6.87. The number of methoxy groups -OCH3 is 2. The van der Waals surface area contributed by atoms with Crippen LogP contribution in [0.15, 0.2) is 58.0 Å². The van der Waals surface area contributed by atoms with Crippen LogP contribution >= 0.6 is 0 Å². The molecule has 36 heavy (non-hydrogen) atoms. The molecule has 0 saturated carbocycles. The van der Waals surface area contributed by atoms with Crippen molar-refractivity contribution in [3.8, 4) is 5.75 Å². The maximum Gasteiger partial charge on any atom is 0.375 e. The van der Waals surface area contributed by atoms with E-state index in [4.69, 9.17) is 14.3 Å². The molecule has 0 aromatic heterocycles. The van der Waals surface area contributed by atoms with E-state index in [0.717, 1.165) is 41.6 Å². The zero-order chi connectivity index (χ0) is 25.4. The molecule has 190 valence electrons. The van der Waals surface area contributed by atoms with Crippen LogP contribution in [0.1, 0.15) is 25.3 Å². The molecule has 1 aromatic carbocycles. The van der Waals surface area contributed by atoms with E-state index in [1.54, 1.807) is 12.0 Å².